The van der Waals surface area contributed by atoms with E-state index in [-0.39, 0.29) is 18.0 Å². The fourth-order valence-electron chi connectivity index (χ4n) is 2.44. The molecule has 0 fully saturated rings. The van der Waals surface area contributed by atoms with Crippen molar-refractivity contribution in [3.8, 4) is 5.75 Å². The smallest absolute Gasteiger partial charge is 0.127 e. The lowest BCUT2D eigenvalue weighted by Gasteiger charge is -2.30. The third kappa shape index (κ3) is 2.62. The van der Waals surface area contributed by atoms with Crippen LogP contribution in [-0.2, 0) is 0 Å². The first-order chi connectivity index (χ1) is 9.52. The van der Waals surface area contributed by atoms with E-state index in [9.17, 15) is 4.39 Å². The van der Waals surface area contributed by atoms with Gasteiger partial charge in [-0.3, -0.25) is 0 Å². The molecule has 1 aliphatic heterocycles. The first-order valence-corrected chi connectivity index (χ1v) is 6.96. The minimum absolute atomic E-state index is 0.206. The van der Waals surface area contributed by atoms with Crippen molar-refractivity contribution >= 4 is 23.2 Å². The molecule has 0 bridgehead atoms. The second kappa shape index (κ2) is 5.24. The quantitative estimate of drug-likeness (QED) is 0.831. The van der Waals surface area contributed by atoms with Crippen molar-refractivity contribution in [2.24, 2.45) is 5.73 Å². The molecular formula is C15H12Cl2FNO. The Labute approximate surface area is 126 Å². The minimum Gasteiger partial charge on any atom is -0.485 e. The van der Waals surface area contributed by atoms with Gasteiger partial charge in [0.15, 0.2) is 0 Å². The number of halogens is 3. The van der Waals surface area contributed by atoms with Gasteiger partial charge in [0, 0.05) is 34.1 Å². The lowest BCUT2D eigenvalue weighted by Crippen LogP contribution is -2.24. The Morgan fingerprint density at radius 3 is 2.50 bits per heavy atom. The Kier molecular flexibility index (Phi) is 3.59. The highest BCUT2D eigenvalue weighted by Crippen LogP contribution is 2.40. The maximum Gasteiger partial charge on any atom is 0.127 e. The Balaban J connectivity index is 1.98. The predicted molar refractivity (Wildman–Crippen MR) is 77.8 cm³/mol. The van der Waals surface area contributed by atoms with Crippen molar-refractivity contribution in [2.45, 2.75) is 18.6 Å². The van der Waals surface area contributed by atoms with Gasteiger partial charge >= 0.3 is 0 Å². The SMILES string of the molecule is N[C@H]1CC(c2cc(Cl)cc(Cl)c2)Oc2cc(F)ccc21. The lowest BCUT2D eigenvalue weighted by atomic mass is 9.93. The summed E-state index contributed by atoms with van der Waals surface area (Å²) in [5.74, 6) is 0.130. The molecule has 5 heteroatoms. The molecule has 3 rings (SSSR count). The predicted octanol–water partition coefficient (Wildman–Crippen LogP) is 4.66. The van der Waals surface area contributed by atoms with Gasteiger partial charge in [-0.2, -0.15) is 0 Å². The molecule has 104 valence electrons. The van der Waals surface area contributed by atoms with Crippen molar-refractivity contribution in [3.05, 3.63) is 63.4 Å². The van der Waals surface area contributed by atoms with Gasteiger partial charge in [0.1, 0.15) is 17.7 Å². The van der Waals surface area contributed by atoms with Gasteiger partial charge in [-0.25, -0.2) is 4.39 Å². The molecule has 0 saturated heterocycles. The van der Waals surface area contributed by atoms with E-state index in [0.717, 1.165) is 11.1 Å². The molecule has 2 aromatic rings. The molecule has 1 heterocycles. The molecule has 0 amide bonds. The van der Waals surface area contributed by atoms with Crippen LogP contribution < -0.4 is 10.5 Å². The fourth-order valence-corrected chi connectivity index (χ4v) is 2.98. The van der Waals surface area contributed by atoms with Crippen LogP contribution in [0, 0.1) is 5.82 Å². The minimum atomic E-state index is -0.347. The summed E-state index contributed by atoms with van der Waals surface area (Å²) >= 11 is 12.0. The molecule has 0 spiro atoms. The Bertz CT molecular complexity index is 642. The van der Waals surface area contributed by atoms with E-state index in [1.54, 1.807) is 24.3 Å². The van der Waals surface area contributed by atoms with E-state index in [1.165, 1.54) is 12.1 Å². The Morgan fingerprint density at radius 2 is 1.80 bits per heavy atom. The number of hydrogen-bond acceptors (Lipinski definition) is 2. The topological polar surface area (TPSA) is 35.2 Å². The zero-order chi connectivity index (χ0) is 14.3. The van der Waals surface area contributed by atoms with Gasteiger partial charge in [-0.05, 0) is 29.8 Å². The number of rotatable bonds is 1. The standard InChI is InChI=1S/C15H12Cl2FNO/c16-9-3-8(4-10(17)5-9)14-7-13(19)12-2-1-11(18)6-15(12)20-14/h1-6,13-14H,7,19H2/t13-,14?/m0/s1. The van der Waals surface area contributed by atoms with Gasteiger partial charge in [0.05, 0.1) is 0 Å². The summed E-state index contributed by atoms with van der Waals surface area (Å²) in [6.45, 7) is 0. The van der Waals surface area contributed by atoms with Crippen molar-refractivity contribution in [1.29, 1.82) is 0 Å². The number of benzene rings is 2. The molecule has 0 saturated carbocycles. The molecule has 1 unspecified atom stereocenters. The third-order valence-corrected chi connectivity index (χ3v) is 3.81. The van der Waals surface area contributed by atoms with Crippen LogP contribution in [0.1, 0.15) is 29.7 Å². The number of nitrogens with two attached hydrogens (primary N) is 1. The molecule has 20 heavy (non-hydrogen) atoms. The molecule has 0 aliphatic carbocycles. The van der Waals surface area contributed by atoms with Crippen LogP contribution in [0.2, 0.25) is 10.0 Å². The Hall–Kier alpha value is -1.29. The molecule has 2 N–H and O–H groups in total. The molecule has 0 aromatic heterocycles. The van der Waals surface area contributed by atoms with Crippen molar-refractivity contribution in [1.82, 2.24) is 0 Å². The van der Waals surface area contributed by atoms with Crippen LogP contribution in [0.4, 0.5) is 4.39 Å². The summed E-state index contributed by atoms with van der Waals surface area (Å²) in [7, 11) is 0. The zero-order valence-corrected chi connectivity index (χ0v) is 12.0. The van der Waals surface area contributed by atoms with E-state index in [2.05, 4.69) is 0 Å². The zero-order valence-electron chi connectivity index (χ0n) is 10.4. The van der Waals surface area contributed by atoms with Crippen molar-refractivity contribution in [2.75, 3.05) is 0 Å². The highest BCUT2D eigenvalue weighted by atomic mass is 35.5. The average Bonchev–Trinajstić information content (AvgIpc) is 2.36. The monoisotopic (exact) mass is 311 g/mol. The third-order valence-electron chi connectivity index (χ3n) is 3.37. The van der Waals surface area contributed by atoms with E-state index < -0.39 is 0 Å². The molecule has 2 atom stereocenters. The number of hydrogen-bond donors (Lipinski definition) is 1. The average molecular weight is 312 g/mol. The normalized spacial score (nSPS) is 21.2. The second-order valence-corrected chi connectivity index (χ2v) is 5.71. The number of ether oxygens (including phenoxy) is 1. The molecule has 1 aliphatic rings. The second-order valence-electron chi connectivity index (χ2n) is 4.83. The summed E-state index contributed by atoms with van der Waals surface area (Å²) in [5, 5.41) is 1.07. The summed E-state index contributed by atoms with van der Waals surface area (Å²) < 4.78 is 19.2. The van der Waals surface area contributed by atoms with Crippen molar-refractivity contribution in [3.63, 3.8) is 0 Å². The lowest BCUT2D eigenvalue weighted by molar-refractivity contribution is 0.161. The van der Waals surface area contributed by atoms with Crippen molar-refractivity contribution < 1.29 is 9.13 Å². The summed E-state index contributed by atoms with van der Waals surface area (Å²) in [4.78, 5) is 0. The summed E-state index contributed by atoms with van der Waals surface area (Å²) in [6, 6.07) is 9.43. The van der Waals surface area contributed by atoms with E-state index >= 15 is 0 Å². The number of fused-ring (bicyclic) bond motifs is 1. The van der Waals surface area contributed by atoms with Gasteiger partial charge in [0.2, 0.25) is 0 Å². The van der Waals surface area contributed by atoms with Crippen LogP contribution in [0.3, 0.4) is 0 Å². The van der Waals surface area contributed by atoms with Crippen LogP contribution in [0.25, 0.3) is 0 Å². The van der Waals surface area contributed by atoms with Gasteiger partial charge in [0.25, 0.3) is 0 Å². The maximum absolute atomic E-state index is 13.3. The largest absolute Gasteiger partial charge is 0.485 e. The Morgan fingerprint density at radius 1 is 1.10 bits per heavy atom. The summed E-state index contributed by atoms with van der Waals surface area (Å²) in [5.41, 5.74) is 7.79. The van der Waals surface area contributed by atoms with E-state index in [1.807, 2.05) is 0 Å². The first kappa shape index (κ1) is 13.7. The molecule has 2 nitrogen and oxygen atoms in total. The van der Waals surface area contributed by atoms with Crippen LogP contribution in [0.5, 0.6) is 5.75 Å². The fraction of sp³-hybridized carbons (Fsp3) is 0.200. The van der Waals surface area contributed by atoms with Gasteiger partial charge in [-0.15, -0.1) is 0 Å². The highest BCUT2D eigenvalue weighted by Gasteiger charge is 2.27. The van der Waals surface area contributed by atoms with Gasteiger partial charge < -0.3 is 10.5 Å². The molecule has 0 radical (unpaired) electrons. The maximum atomic E-state index is 13.3. The highest BCUT2D eigenvalue weighted by molar-refractivity contribution is 6.34. The molecular weight excluding hydrogens is 300 g/mol. The van der Waals surface area contributed by atoms with Crippen LogP contribution >= 0.6 is 23.2 Å². The van der Waals surface area contributed by atoms with E-state index in [4.69, 9.17) is 33.7 Å². The van der Waals surface area contributed by atoms with E-state index in [0.29, 0.717) is 22.2 Å². The van der Waals surface area contributed by atoms with Crippen LogP contribution in [-0.4, -0.2) is 0 Å². The molecule has 2 aromatic carbocycles. The summed E-state index contributed by atoms with van der Waals surface area (Å²) in [6.07, 6.45) is 0.311. The van der Waals surface area contributed by atoms with Gasteiger partial charge in [-0.1, -0.05) is 29.3 Å². The first-order valence-electron chi connectivity index (χ1n) is 6.20. The van der Waals surface area contributed by atoms with Crippen LogP contribution in [0.15, 0.2) is 36.4 Å².